The van der Waals surface area contributed by atoms with Crippen molar-refractivity contribution < 1.29 is 4.79 Å². The van der Waals surface area contributed by atoms with Gasteiger partial charge in [0.1, 0.15) is 5.69 Å². The van der Waals surface area contributed by atoms with Gasteiger partial charge in [0.05, 0.1) is 0 Å². The molecule has 2 N–H and O–H groups in total. The molecule has 0 aliphatic carbocycles. The Morgan fingerprint density at radius 2 is 1.63 bits per heavy atom. The summed E-state index contributed by atoms with van der Waals surface area (Å²) >= 11 is 0. The quantitative estimate of drug-likeness (QED) is 0.686. The summed E-state index contributed by atoms with van der Waals surface area (Å²) in [5, 5.41) is 6.17. The van der Waals surface area contributed by atoms with Gasteiger partial charge in [0.25, 0.3) is 5.91 Å². The van der Waals surface area contributed by atoms with Crippen LogP contribution >= 0.6 is 0 Å². The van der Waals surface area contributed by atoms with Crippen LogP contribution in [0.15, 0.2) is 42.5 Å². The lowest BCUT2D eigenvalue weighted by atomic mass is 10.1. The number of benzene rings is 2. The van der Waals surface area contributed by atoms with Crippen LogP contribution in [0.25, 0.3) is 0 Å². The van der Waals surface area contributed by atoms with E-state index >= 15 is 0 Å². The molecule has 0 aliphatic heterocycles. The van der Waals surface area contributed by atoms with Gasteiger partial charge in [0.2, 0.25) is 5.95 Å². The van der Waals surface area contributed by atoms with E-state index in [0.29, 0.717) is 11.6 Å². The van der Waals surface area contributed by atoms with Crippen molar-refractivity contribution in [2.24, 2.45) is 0 Å². The fourth-order valence-electron chi connectivity index (χ4n) is 2.89. The number of anilines is 3. The Balaban J connectivity index is 1.86. The van der Waals surface area contributed by atoms with E-state index < -0.39 is 0 Å². The molecule has 138 valence electrons. The first kappa shape index (κ1) is 18.6. The molecule has 5 heteroatoms. The Morgan fingerprint density at radius 1 is 0.852 bits per heavy atom. The van der Waals surface area contributed by atoms with E-state index in [1.165, 1.54) is 5.56 Å². The molecule has 0 spiro atoms. The smallest absolute Gasteiger partial charge is 0.274 e. The first-order valence-corrected chi connectivity index (χ1v) is 8.91. The van der Waals surface area contributed by atoms with Gasteiger partial charge in [-0.3, -0.25) is 4.79 Å². The molecule has 2 aromatic carbocycles. The Kier molecular flexibility index (Phi) is 5.21. The summed E-state index contributed by atoms with van der Waals surface area (Å²) in [6.45, 7) is 9.94. The number of hydrogen-bond donors (Lipinski definition) is 2. The lowest BCUT2D eigenvalue weighted by molar-refractivity contribution is 0.102. The van der Waals surface area contributed by atoms with Gasteiger partial charge in [-0.25, -0.2) is 9.97 Å². The maximum Gasteiger partial charge on any atom is 0.274 e. The van der Waals surface area contributed by atoms with Crippen LogP contribution in [-0.2, 0) is 0 Å². The van der Waals surface area contributed by atoms with Crippen molar-refractivity contribution >= 4 is 23.2 Å². The molecule has 27 heavy (non-hydrogen) atoms. The number of rotatable bonds is 4. The number of aromatic nitrogens is 2. The molecule has 0 saturated heterocycles. The Morgan fingerprint density at radius 3 is 2.37 bits per heavy atom. The molecule has 0 unspecified atom stereocenters. The zero-order valence-electron chi connectivity index (χ0n) is 16.3. The molecule has 1 aromatic heterocycles. The van der Waals surface area contributed by atoms with E-state index in [1.54, 1.807) is 6.07 Å². The summed E-state index contributed by atoms with van der Waals surface area (Å²) in [5.41, 5.74) is 7.23. The average molecular weight is 360 g/mol. The molecule has 1 heterocycles. The number of carbonyl (C=O) groups is 1. The second-order valence-corrected chi connectivity index (χ2v) is 6.86. The Hall–Kier alpha value is -3.21. The van der Waals surface area contributed by atoms with Crippen molar-refractivity contribution in [3.8, 4) is 0 Å². The molecule has 5 nitrogen and oxygen atoms in total. The maximum atomic E-state index is 12.7. The van der Waals surface area contributed by atoms with E-state index in [9.17, 15) is 4.79 Å². The molecule has 0 aliphatic rings. The van der Waals surface area contributed by atoms with Gasteiger partial charge < -0.3 is 10.6 Å². The van der Waals surface area contributed by atoms with Crippen LogP contribution in [0.5, 0.6) is 0 Å². The SMILES string of the molecule is Cc1ccc(Nc2nc(C)cc(C(=O)Nc3cccc(C)c3C)n2)c(C)c1. The van der Waals surface area contributed by atoms with Gasteiger partial charge in [0, 0.05) is 17.1 Å². The second kappa shape index (κ2) is 7.58. The van der Waals surface area contributed by atoms with Crippen molar-refractivity contribution in [3.05, 3.63) is 76.1 Å². The Bertz CT molecular complexity index is 1010. The van der Waals surface area contributed by atoms with E-state index in [0.717, 1.165) is 33.8 Å². The van der Waals surface area contributed by atoms with Crippen molar-refractivity contribution in [2.45, 2.75) is 34.6 Å². The summed E-state index contributed by atoms with van der Waals surface area (Å²) in [4.78, 5) is 21.5. The predicted octanol–water partition coefficient (Wildman–Crippen LogP) is 5.01. The van der Waals surface area contributed by atoms with Crippen LogP contribution in [0.3, 0.4) is 0 Å². The third-order valence-corrected chi connectivity index (χ3v) is 4.57. The normalized spacial score (nSPS) is 10.6. The number of hydrogen-bond acceptors (Lipinski definition) is 4. The van der Waals surface area contributed by atoms with E-state index in [1.807, 2.05) is 58.0 Å². The molecule has 3 rings (SSSR count). The van der Waals surface area contributed by atoms with Crippen LogP contribution < -0.4 is 10.6 Å². The minimum absolute atomic E-state index is 0.252. The van der Waals surface area contributed by atoms with Crippen molar-refractivity contribution in [1.82, 2.24) is 9.97 Å². The van der Waals surface area contributed by atoms with Crippen molar-refractivity contribution in [3.63, 3.8) is 0 Å². The van der Waals surface area contributed by atoms with Crippen LogP contribution in [-0.4, -0.2) is 15.9 Å². The third-order valence-electron chi connectivity index (χ3n) is 4.57. The second-order valence-electron chi connectivity index (χ2n) is 6.86. The van der Waals surface area contributed by atoms with E-state index in [-0.39, 0.29) is 5.91 Å². The number of nitrogens with one attached hydrogen (secondary N) is 2. The van der Waals surface area contributed by atoms with E-state index in [4.69, 9.17) is 0 Å². The molecule has 0 fully saturated rings. The van der Waals surface area contributed by atoms with E-state index in [2.05, 4.69) is 33.6 Å². The maximum absolute atomic E-state index is 12.7. The highest BCUT2D eigenvalue weighted by molar-refractivity contribution is 6.03. The van der Waals surface area contributed by atoms with Crippen LogP contribution in [0, 0.1) is 34.6 Å². The van der Waals surface area contributed by atoms with Crippen LogP contribution in [0.1, 0.15) is 38.4 Å². The number of aryl methyl sites for hydroxylation is 4. The fraction of sp³-hybridized carbons (Fsp3) is 0.227. The minimum Gasteiger partial charge on any atom is -0.324 e. The number of nitrogens with zero attached hydrogens (tertiary/aromatic N) is 2. The summed E-state index contributed by atoms with van der Waals surface area (Å²) in [5.74, 6) is 0.158. The first-order chi connectivity index (χ1) is 12.8. The standard InChI is InChI=1S/C22H24N4O/c1-13-9-10-18(15(3)11-13)25-22-23-16(4)12-20(26-22)21(27)24-19-8-6-7-14(2)17(19)5/h6-12H,1-5H3,(H,24,27)(H,23,25,26). The lowest BCUT2D eigenvalue weighted by Crippen LogP contribution is -2.16. The fourth-order valence-corrected chi connectivity index (χ4v) is 2.89. The number of carbonyl (C=O) groups excluding carboxylic acids is 1. The van der Waals surface area contributed by atoms with Gasteiger partial charge in [0.15, 0.2) is 0 Å². The van der Waals surface area contributed by atoms with Gasteiger partial charge in [-0.15, -0.1) is 0 Å². The first-order valence-electron chi connectivity index (χ1n) is 8.91. The molecule has 0 radical (unpaired) electrons. The largest absolute Gasteiger partial charge is 0.324 e. The van der Waals surface area contributed by atoms with Crippen molar-refractivity contribution in [2.75, 3.05) is 10.6 Å². The van der Waals surface area contributed by atoms with Gasteiger partial charge >= 0.3 is 0 Å². The van der Waals surface area contributed by atoms with Crippen LogP contribution in [0.2, 0.25) is 0 Å². The molecule has 1 amide bonds. The lowest BCUT2D eigenvalue weighted by Gasteiger charge is -2.12. The molecular weight excluding hydrogens is 336 g/mol. The summed E-state index contributed by atoms with van der Waals surface area (Å²) in [6.07, 6.45) is 0. The summed E-state index contributed by atoms with van der Waals surface area (Å²) < 4.78 is 0. The third kappa shape index (κ3) is 4.31. The van der Waals surface area contributed by atoms with Gasteiger partial charge in [-0.05, 0) is 69.5 Å². The zero-order valence-corrected chi connectivity index (χ0v) is 16.3. The number of amides is 1. The molecule has 0 atom stereocenters. The molecule has 0 bridgehead atoms. The average Bonchev–Trinajstić information content (AvgIpc) is 2.61. The van der Waals surface area contributed by atoms with Crippen molar-refractivity contribution in [1.29, 1.82) is 0 Å². The van der Waals surface area contributed by atoms with Gasteiger partial charge in [-0.2, -0.15) is 0 Å². The summed E-state index contributed by atoms with van der Waals surface area (Å²) in [7, 11) is 0. The highest BCUT2D eigenvalue weighted by Crippen LogP contribution is 2.21. The molecule has 3 aromatic rings. The topological polar surface area (TPSA) is 66.9 Å². The minimum atomic E-state index is -0.252. The summed E-state index contributed by atoms with van der Waals surface area (Å²) in [6, 6.07) is 13.6. The highest BCUT2D eigenvalue weighted by Gasteiger charge is 2.13. The highest BCUT2D eigenvalue weighted by atomic mass is 16.1. The monoisotopic (exact) mass is 360 g/mol. The predicted molar refractivity (Wildman–Crippen MR) is 110 cm³/mol. The van der Waals surface area contributed by atoms with Gasteiger partial charge in [-0.1, -0.05) is 29.8 Å². The molecule has 0 saturated carbocycles. The Labute approximate surface area is 159 Å². The zero-order chi connectivity index (χ0) is 19.6. The molecular formula is C22H24N4O. The van der Waals surface area contributed by atoms with Crippen LogP contribution in [0.4, 0.5) is 17.3 Å².